The molecule has 7 N–H and O–H groups in total. The standard InChI is InChI=1S/C32H35N3O9/c1-31(2,3)44-30(42)34-16-8-6-14(7-9-16)17-10-11-20(36)22-18(17)12-15-13-19-24(35(4)5)26(38)23(29(33)41)28(40)32(19,43)27(39)21(15)25(22)37/h6-11,15,19,24,36,38-39,43H,12-13H2,1-5H3,(H2,33,41)(H,34,42)/t15-,19-,24-,32+/m0/s1. The minimum Gasteiger partial charge on any atom is -0.510 e. The highest BCUT2D eigenvalue weighted by Crippen LogP contribution is 2.53. The van der Waals surface area contributed by atoms with Crippen LogP contribution in [-0.4, -0.2) is 80.2 Å². The summed E-state index contributed by atoms with van der Waals surface area (Å²) >= 11 is 0. The number of aliphatic hydroxyl groups excluding tert-OH is 2. The molecule has 2 aromatic rings. The summed E-state index contributed by atoms with van der Waals surface area (Å²) < 4.78 is 5.29. The number of amides is 2. The van der Waals surface area contributed by atoms with Gasteiger partial charge in [0.2, 0.25) is 5.78 Å². The molecule has 232 valence electrons. The van der Waals surface area contributed by atoms with Gasteiger partial charge < -0.3 is 30.9 Å². The van der Waals surface area contributed by atoms with E-state index in [0.29, 0.717) is 22.4 Å². The third-order valence-electron chi connectivity index (χ3n) is 8.45. The van der Waals surface area contributed by atoms with Gasteiger partial charge in [0.15, 0.2) is 11.4 Å². The molecule has 0 heterocycles. The van der Waals surface area contributed by atoms with Crippen LogP contribution in [0.4, 0.5) is 10.5 Å². The Bertz CT molecular complexity index is 1670. The van der Waals surface area contributed by atoms with Crippen molar-refractivity contribution in [3.05, 3.63) is 70.2 Å². The van der Waals surface area contributed by atoms with Crippen molar-refractivity contribution in [3.8, 4) is 16.9 Å². The molecule has 0 bridgehead atoms. The van der Waals surface area contributed by atoms with E-state index in [0.717, 1.165) is 0 Å². The van der Waals surface area contributed by atoms with Gasteiger partial charge in [0.05, 0.1) is 11.6 Å². The number of likely N-dealkylation sites (N-methyl/N-ethyl adjacent to an activating group) is 1. The predicted molar refractivity (Wildman–Crippen MR) is 159 cm³/mol. The van der Waals surface area contributed by atoms with Crippen molar-refractivity contribution >= 4 is 29.3 Å². The van der Waals surface area contributed by atoms with Gasteiger partial charge in [0, 0.05) is 17.2 Å². The molecule has 44 heavy (non-hydrogen) atoms. The molecule has 5 rings (SSSR count). The smallest absolute Gasteiger partial charge is 0.412 e. The molecule has 0 saturated carbocycles. The van der Waals surface area contributed by atoms with Gasteiger partial charge >= 0.3 is 6.09 Å². The lowest BCUT2D eigenvalue weighted by Gasteiger charge is -2.50. The predicted octanol–water partition coefficient (Wildman–Crippen LogP) is 3.13. The first-order chi connectivity index (χ1) is 20.5. The lowest BCUT2D eigenvalue weighted by Crippen LogP contribution is -2.63. The van der Waals surface area contributed by atoms with Crippen LogP contribution in [0.2, 0.25) is 0 Å². The number of fused-ring (bicyclic) bond motifs is 3. The fourth-order valence-electron chi connectivity index (χ4n) is 6.68. The van der Waals surface area contributed by atoms with E-state index in [2.05, 4.69) is 5.32 Å². The third kappa shape index (κ3) is 4.80. The van der Waals surface area contributed by atoms with Crippen molar-refractivity contribution in [2.24, 2.45) is 17.6 Å². The van der Waals surface area contributed by atoms with E-state index < -0.39 is 69.7 Å². The SMILES string of the molecule is CN(C)[C@@H]1C(O)=C(C(N)=O)C(=O)[C@]2(O)C(O)=C3C(=O)c4c(O)ccc(-c5ccc(NC(=O)OC(C)(C)C)cc5)c4C[C@H]3C[C@@H]12. The molecule has 3 aliphatic rings. The number of ketones is 2. The minimum absolute atomic E-state index is 0.0143. The Hall–Kier alpha value is -4.68. The first kappa shape index (κ1) is 30.8. The van der Waals surface area contributed by atoms with E-state index in [1.807, 2.05) is 0 Å². The molecule has 0 unspecified atom stereocenters. The third-order valence-corrected chi connectivity index (χ3v) is 8.45. The number of primary amides is 1. The molecule has 0 aliphatic heterocycles. The van der Waals surface area contributed by atoms with Crippen molar-refractivity contribution < 1.29 is 44.3 Å². The highest BCUT2D eigenvalue weighted by Gasteiger charge is 2.63. The second-order valence-electron chi connectivity index (χ2n) is 12.7. The molecular formula is C32H35N3O9. The topological polar surface area (TPSA) is 200 Å². The molecule has 12 nitrogen and oxygen atoms in total. The molecule has 0 spiro atoms. The summed E-state index contributed by atoms with van der Waals surface area (Å²) in [6.45, 7) is 5.26. The van der Waals surface area contributed by atoms with Crippen LogP contribution in [0.25, 0.3) is 11.1 Å². The lowest BCUT2D eigenvalue weighted by molar-refractivity contribution is -0.148. The van der Waals surface area contributed by atoms with Crippen LogP contribution in [0.1, 0.15) is 43.1 Å². The number of ether oxygens (including phenoxy) is 1. The number of aromatic hydroxyl groups is 1. The average molecular weight is 606 g/mol. The second-order valence-corrected chi connectivity index (χ2v) is 12.7. The van der Waals surface area contributed by atoms with Crippen LogP contribution in [0.15, 0.2) is 59.1 Å². The monoisotopic (exact) mass is 605 g/mol. The summed E-state index contributed by atoms with van der Waals surface area (Å²) in [4.78, 5) is 53.2. The molecule has 0 aromatic heterocycles. The zero-order chi connectivity index (χ0) is 32.5. The molecule has 0 fully saturated rings. The van der Waals surface area contributed by atoms with Gasteiger partial charge in [0.1, 0.15) is 28.4 Å². The number of anilines is 1. The fraction of sp³-hybridized carbons (Fsp3) is 0.375. The van der Waals surface area contributed by atoms with Crippen LogP contribution in [0.5, 0.6) is 5.75 Å². The van der Waals surface area contributed by atoms with Gasteiger partial charge in [-0.15, -0.1) is 0 Å². The maximum atomic E-state index is 13.9. The summed E-state index contributed by atoms with van der Waals surface area (Å²) in [5, 5.41) is 47.6. The minimum atomic E-state index is -2.70. The number of aliphatic hydroxyl groups is 3. The number of nitrogens with one attached hydrogen (secondary N) is 1. The Morgan fingerprint density at radius 3 is 2.25 bits per heavy atom. The number of Topliss-reactive ketones (excluding diaryl/α,β-unsaturated/α-hetero) is 2. The van der Waals surface area contributed by atoms with Gasteiger partial charge in [-0.3, -0.25) is 24.6 Å². The largest absolute Gasteiger partial charge is 0.510 e. The summed E-state index contributed by atoms with van der Waals surface area (Å²) in [5.41, 5.74) is 3.12. The number of phenolic OH excluding ortho intramolecular Hbond substituents is 1. The molecule has 4 atom stereocenters. The number of nitrogens with two attached hydrogens (primary N) is 1. The number of allylic oxidation sites excluding steroid dienone is 1. The van der Waals surface area contributed by atoms with Crippen molar-refractivity contribution in [1.29, 1.82) is 0 Å². The fourth-order valence-corrected chi connectivity index (χ4v) is 6.68. The Balaban J connectivity index is 1.57. The van der Waals surface area contributed by atoms with E-state index in [-0.39, 0.29) is 29.7 Å². The van der Waals surface area contributed by atoms with Crippen LogP contribution in [-0.2, 0) is 20.7 Å². The number of nitrogens with zero attached hydrogens (tertiary/aromatic N) is 1. The maximum Gasteiger partial charge on any atom is 0.412 e. The van der Waals surface area contributed by atoms with Crippen molar-refractivity contribution in [1.82, 2.24) is 4.90 Å². The van der Waals surface area contributed by atoms with E-state index in [9.17, 15) is 39.6 Å². The average Bonchev–Trinajstić information content (AvgIpc) is 2.90. The van der Waals surface area contributed by atoms with Crippen LogP contribution < -0.4 is 11.1 Å². The summed E-state index contributed by atoms with van der Waals surface area (Å²) in [6.07, 6.45) is -0.481. The van der Waals surface area contributed by atoms with E-state index in [4.69, 9.17) is 10.5 Å². The molecule has 12 heteroatoms. The molecule has 2 aromatic carbocycles. The second kappa shape index (κ2) is 10.5. The van der Waals surface area contributed by atoms with Crippen molar-refractivity contribution in [2.75, 3.05) is 19.4 Å². The first-order valence-corrected chi connectivity index (χ1v) is 14.1. The van der Waals surface area contributed by atoms with E-state index in [1.165, 1.54) is 11.0 Å². The zero-order valence-electron chi connectivity index (χ0n) is 25.0. The van der Waals surface area contributed by atoms with E-state index in [1.54, 1.807) is 65.2 Å². The normalized spacial score (nSPS) is 24.9. The highest BCUT2D eigenvalue weighted by atomic mass is 16.6. The summed E-state index contributed by atoms with van der Waals surface area (Å²) in [6, 6.07) is 8.74. The quantitative estimate of drug-likeness (QED) is 0.281. The number of hydrogen-bond acceptors (Lipinski definition) is 10. The van der Waals surface area contributed by atoms with Gasteiger partial charge in [-0.05, 0) is 88.5 Å². The summed E-state index contributed by atoms with van der Waals surface area (Å²) in [5.74, 6) is -7.04. The van der Waals surface area contributed by atoms with Gasteiger partial charge in [-0.2, -0.15) is 0 Å². The molecule has 0 radical (unpaired) electrons. The number of benzene rings is 2. The van der Waals surface area contributed by atoms with Crippen LogP contribution in [0.3, 0.4) is 0 Å². The van der Waals surface area contributed by atoms with Crippen LogP contribution in [0, 0.1) is 11.8 Å². The Morgan fingerprint density at radius 1 is 1.05 bits per heavy atom. The molecule has 2 amide bonds. The zero-order valence-corrected chi connectivity index (χ0v) is 25.0. The number of hydrogen-bond donors (Lipinski definition) is 6. The van der Waals surface area contributed by atoms with Crippen molar-refractivity contribution in [2.45, 2.75) is 50.9 Å². The van der Waals surface area contributed by atoms with E-state index >= 15 is 0 Å². The lowest BCUT2D eigenvalue weighted by atomic mass is 9.58. The van der Waals surface area contributed by atoms with Gasteiger partial charge in [0.25, 0.3) is 5.91 Å². The molecule has 3 aliphatic carbocycles. The van der Waals surface area contributed by atoms with Gasteiger partial charge in [-0.25, -0.2) is 4.79 Å². The maximum absolute atomic E-state index is 13.9. The Kier molecular flexibility index (Phi) is 7.34. The van der Waals surface area contributed by atoms with Crippen LogP contribution >= 0.6 is 0 Å². The van der Waals surface area contributed by atoms with Crippen molar-refractivity contribution in [3.63, 3.8) is 0 Å². The number of carbonyl (C=O) groups excluding carboxylic acids is 4. The number of carbonyl (C=O) groups is 4. The number of rotatable bonds is 4. The molecule has 0 saturated heterocycles. The Labute approximate surface area is 253 Å². The summed E-state index contributed by atoms with van der Waals surface area (Å²) in [7, 11) is 3.15. The Morgan fingerprint density at radius 2 is 1.68 bits per heavy atom. The highest BCUT2D eigenvalue weighted by molar-refractivity contribution is 6.25. The number of phenols is 1. The molecular weight excluding hydrogens is 570 g/mol. The first-order valence-electron chi connectivity index (χ1n) is 14.1. The van der Waals surface area contributed by atoms with Gasteiger partial charge in [-0.1, -0.05) is 18.2 Å².